The van der Waals surface area contributed by atoms with Gasteiger partial charge in [-0.1, -0.05) is 17.8 Å². The van der Waals surface area contributed by atoms with E-state index >= 15 is 0 Å². The third kappa shape index (κ3) is 4.20. The van der Waals surface area contributed by atoms with E-state index in [2.05, 4.69) is 26.7 Å². The van der Waals surface area contributed by atoms with Crippen molar-refractivity contribution in [1.29, 1.82) is 0 Å². The van der Waals surface area contributed by atoms with Crippen LogP contribution in [0.25, 0.3) is 11.5 Å². The summed E-state index contributed by atoms with van der Waals surface area (Å²) in [4.78, 5) is 20.9. The topological polar surface area (TPSA) is 92.0 Å². The average molecular weight is 397 g/mol. The molecule has 0 N–H and O–H groups in total. The molecule has 0 fully saturated rings. The largest absolute Gasteiger partial charge is 0.493 e. The molecule has 3 rings (SSSR count). The number of rotatable bonds is 9. The van der Waals surface area contributed by atoms with E-state index in [1.165, 1.54) is 18.9 Å². The lowest BCUT2D eigenvalue weighted by atomic mass is 10.1. The first-order chi connectivity index (χ1) is 13.7. The molecule has 2 aromatic heterocycles. The van der Waals surface area contributed by atoms with Gasteiger partial charge < -0.3 is 9.47 Å². The molecule has 1 aromatic carbocycles. The number of hydrogen-bond acceptors (Lipinski definition) is 8. The maximum Gasteiger partial charge on any atom is 0.192 e. The third-order valence-corrected chi connectivity index (χ3v) is 4.83. The van der Waals surface area contributed by atoms with Gasteiger partial charge in [-0.2, -0.15) is 0 Å². The molecule has 0 aliphatic carbocycles. The summed E-state index contributed by atoms with van der Waals surface area (Å²) in [6, 6.07) is 5.09. The molecule has 8 nitrogen and oxygen atoms in total. The smallest absolute Gasteiger partial charge is 0.192 e. The predicted octanol–water partition coefficient (Wildman–Crippen LogP) is 2.91. The molecule has 0 spiro atoms. The standard InChI is InChI=1S/C19H19N5O3S/c1-4-9-24-18(14-11-20-7-8-21-14)22-23-19(24)28-12-15(25)13-5-6-16(26-2)17(10-13)27-3/h4-8,10-11H,1,9,12H2,2-3H3. The quantitative estimate of drug-likeness (QED) is 0.309. The molecule has 28 heavy (non-hydrogen) atoms. The van der Waals surface area contributed by atoms with Gasteiger partial charge >= 0.3 is 0 Å². The zero-order valence-corrected chi connectivity index (χ0v) is 16.3. The highest BCUT2D eigenvalue weighted by Gasteiger charge is 2.17. The third-order valence-electron chi connectivity index (χ3n) is 3.86. The Balaban J connectivity index is 1.78. The fourth-order valence-corrected chi connectivity index (χ4v) is 3.36. The molecule has 0 saturated carbocycles. The van der Waals surface area contributed by atoms with Crippen LogP contribution in [0.5, 0.6) is 11.5 Å². The first kappa shape index (κ1) is 19.6. The van der Waals surface area contributed by atoms with Crippen LogP contribution in [0.4, 0.5) is 0 Å². The molecule has 0 aliphatic rings. The lowest BCUT2D eigenvalue weighted by Crippen LogP contribution is -2.06. The van der Waals surface area contributed by atoms with E-state index in [-0.39, 0.29) is 11.5 Å². The highest BCUT2D eigenvalue weighted by Crippen LogP contribution is 2.29. The maximum absolute atomic E-state index is 12.6. The number of hydrogen-bond donors (Lipinski definition) is 0. The molecule has 144 valence electrons. The Bertz CT molecular complexity index is 975. The molecule has 0 radical (unpaired) electrons. The van der Waals surface area contributed by atoms with Crippen molar-refractivity contribution in [3.63, 3.8) is 0 Å². The van der Waals surface area contributed by atoms with Gasteiger partial charge in [0.15, 0.2) is 28.3 Å². The number of benzene rings is 1. The van der Waals surface area contributed by atoms with Crippen molar-refractivity contribution in [2.75, 3.05) is 20.0 Å². The van der Waals surface area contributed by atoms with Crippen LogP contribution in [0.2, 0.25) is 0 Å². The van der Waals surface area contributed by atoms with Crippen LogP contribution in [-0.4, -0.2) is 50.5 Å². The summed E-state index contributed by atoms with van der Waals surface area (Å²) in [6.45, 7) is 4.27. The minimum Gasteiger partial charge on any atom is -0.493 e. The first-order valence-corrected chi connectivity index (χ1v) is 9.35. The fourth-order valence-electron chi connectivity index (χ4n) is 2.52. The van der Waals surface area contributed by atoms with Crippen LogP contribution >= 0.6 is 11.8 Å². The summed E-state index contributed by atoms with van der Waals surface area (Å²) in [7, 11) is 3.09. The van der Waals surface area contributed by atoms with Crippen molar-refractivity contribution in [3.05, 3.63) is 55.0 Å². The van der Waals surface area contributed by atoms with Gasteiger partial charge in [0.05, 0.1) is 26.2 Å². The Morgan fingerprint density at radius 2 is 2.04 bits per heavy atom. The Labute approximate surface area is 166 Å². The molecule has 0 saturated heterocycles. The molecule has 0 aliphatic heterocycles. The van der Waals surface area contributed by atoms with Crippen LogP contribution in [0.1, 0.15) is 10.4 Å². The molecular weight excluding hydrogens is 378 g/mol. The molecule has 0 bridgehead atoms. The van der Waals surface area contributed by atoms with Gasteiger partial charge in [-0.05, 0) is 18.2 Å². The normalized spacial score (nSPS) is 10.5. The highest BCUT2D eigenvalue weighted by atomic mass is 32.2. The number of Topliss-reactive ketones (excluding diaryl/α,β-unsaturated/α-hetero) is 1. The summed E-state index contributed by atoms with van der Waals surface area (Å²) < 4.78 is 12.3. The van der Waals surface area contributed by atoms with Gasteiger partial charge in [-0.25, -0.2) is 4.98 Å². The number of ketones is 1. The second-order valence-electron chi connectivity index (χ2n) is 5.58. The number of carbonyl (C=O) groups excluding carboxylic acids is 1. The van der Waals surface area contributed by atoms with Crippen molar-refractivity contribution in [3.8, 4) is 23.0 Å². The highest BCUT2D eigenvalue weighted by molar-refractivity contribution is 7.99. The summed E-state index contributed by atoms with van der Waals surface area (Å²) in [5, 5.41) is 9.01. The average Bonchev–Trinajstić information content (AvgIpc) is 3.15. The van der Waals surface area contributed by atoms with E-state index in [0.717, 1.165) is 0 Å². The summed E-state index contributed by atoms with van der Waals surface area (Å²) in [5.74, 6) is 1.81. The van der Waals surface area contributed by atoms with Crippen molar-refractivity contribution in [1.82, 2.24) is 24.7 Å². The Morgan fingerprint density at radius 3 is 2.71 bits per heavy atom. The van der Waals surface area contributed by atoms with E-state index in [0.29, 0.717) is 40.3 Å². The first-order valence-electron chi connectivity index (χ1n) is 8.36. The molecule has 9 heteroatoms. The van der Waals surface area contributed by atoms with E-state index < -0.39 is 0 Å². The zero-order chi connectivity index (χ0) is 19.9. The predicted molar refractivity (Wildman–Crippen MR) is 106 cm³/mol. The van der Waals surface area contributed by atoms with Crippen LogP contribution in [-0.2, 0) is 6.54 Å². The SMILES string of the molecule is C=CCn1c(SCC(=O)c2ccc(OC)c(OC)c2)nnc1-c1cnccn1. The number of ether oxygens (including phenoxy) is 2. The van der Waals surface area contributed by atoms with Gasteiger partial charge in [0.1, 0.15) is 5.69 Å². The molecular formula is C19H19N5O3S. The molecule has 0 amide bonds. The van der Waals surface area contributed by atoms with Gasteiger partial charge in [0.2, 0.25) is 0 Å². The summed E-state index contributed by atoms with van der Waals surface area (Å²) >= 11 is 1.30. The Morgan fingerprint density at radius 1 is 1.21 bits per heavy atom. The van der Waals surface area contributed by atoms with Gasteiger partial charge in [0.25, 0.3) is 0 Å². The molecule has 0 unspecified atom stereocenters. The number of nitrogens with zero attached hydrogens (tertiary/aromatic N) is 5. The second-order valence-corrected chi connectivity index (χ2v) is 6.52. The van der Waals surface area contributed by atoms with Gasteiger partial charge in [0, 0.05) is 24.5 Å². The van der Waals surface area contributed by atoms with Gasteiger partial charge in [-0.15, -0.1) is 16.8 Å². The summed E-state index contributed by atoms with van der Waals surface area (Å²) in [6.07, 6.45) is 6.54. The Hall–Kier alpha value is -3.20. The minimum atomic E-state index is -0.0554. The van der Waals surface area contributed by atoms with E-state index in [9.17, 15) is 4.79 Å². The lowest BCUT2D eigenvalue weighted by molar-refractivity contribution is 0.102. The number of allylic oxidation sites excluding steroid dienone is 1. The molecule has 0 atom stereocenters. The minimum absolute atomic E-state index is 0.0554. The van der Waals surface area contributed by atoms with Crippen molar-refractivity contribution >= 4 is 17.5 Å². The van der Waals surface area contributed by atoms with Crippen LogP contribution < -0.4 is 9.47 Å². The molecule has 3 aromatic rings. The maximum atomic E-state index is 12.6. The van der Waals surface area contributed by atoms with Crippen molar-refractivity contribution in [2.45, 2.75) is 11.7 Å². The summed E-state index contributed by atoms with van der Waals surface area (Å²) in [5.41, 5.74) is 1.14. The van der Waals surface area contributed by atoms with E-state index in [4.69, 9.17) is 9.47 Å². The van der Waals surface area contributed by atoms with Crippen molar-refractivity contribution in [2.24, 2.45) is 0 Å². The number of methoxy groups -OCH3 is 2. The number of thioether (sulfide) groups is 1. The second kappa shape index (κ2) is 9.14. The van der Waals surface area contributed by atoms with Crippen LogP contribution in [0.3, 0.4) is 0 Å². The zero-order valence-electron chi connectivity index (χ0n) is 15.5. The molecule has 2 heterocycles. The fraction of sp³-hybridized carbons (Fsp3) is 0.211. The van der Waals surface area contributed by atoms with Crippen molar-refractivity contribution < 1.29 is 14.3 Å². The monoisotopic (exact) mass is 397 g/mol. The van der Waals surface area contributed by atoms with E-state index in [1.54, 1.807) is 50.0 Å². The Kier molecular flexibility index (Phi) is 6.38. The van der Waals surface area contributed by atoms with Crippen LogP contribution in [0, 0.1) is 0 Å². The lowest BCUT2D eigenvalue weighted by Gasteiger charge is -2.09. The van der Waals surface area contributed by atoms with Gasteiger partial charge in [-0.3, -0.25) is 14.3 Å². The van der Waals surface area contributed by atoms with E-state index in [1.807, 2.05) is 4.57 Å². The number of carbonyl (C=O) groups is 1. The van der Waals surface area contributed by atoms with Crippen LogP contribution in [0.15, 0.2) is 54.6 Å². The number of aromatic nitrogens is 5.